The molecule has 63 heavy (non-hydrogen) atoms. The van der Waals surface area contributed by atoms with Crippen molar-refractivity contribution in [1.82, 2.24) is 9.13 Å². The van der Waals surface area contributed by atoms with Crippen molar-refractivity contribution < 1.29 is 13.2 Å². The Bertz CT molecular complexity index is 3910. The molecule has 6 nitrogen and oxygen atoms in total. The first-order valence-electron chi connectivity index (χ1n) is 20.6. The maximum absolute atomic E-state index is 18.7. The second-order valence-corrected chi connectivity index (χ2v) is 15.9. The zero-order valence-electron chi connectivity index (χ0n) is 33.2. The van der Waals surface area contributed by atoms with Gasteiger partial charge in [-0.2, -0.15) is 10.5 Å². The van der Waals surface area contributed by atoms with E-state index in [9.17, 15) is 10.5 Å². The topological polar surface area (TPSA) is 83.7 Å². The fourth-order valence-corrected chi connectivity index (χ4v) is 9.99. The van der Waals surface area contributed by atoms with Gasteiger partial charge in [0.2, 0.25) is 0 Å². The van der Waals surface area contributed by atoms with Crippen LogP contribution < -0.4 is 0 Å². The van der Waals surface area contributed by atoms with E-state index < -0.39 is 5.82 Å². The highest BCUT2D eigenvalue weighted by molar-refractivity contribution is 6.29. The van der Waals surface area contributed by atoms with Crippen molar-refractivity contribution in [3.05, 3.63) is 193 Å². The number of hydrogen-bond acceptors (Lipinski definition) is 4. The molecule has 4 heterocycles. The lowest BCUT2D eigenvalue weighted by Crippen LogP contribution is -2.09. The number of furan rings is 2. The molecule has 0 spiro atoms. The smallest absolute Gasteiger partial charge is 0.173 e. The zero-order valence-corrected chi connectivity index (χ0v) is 33.2. The van der Waals surface area contributed by atoms with Crippen LogP contribution in [0.3, 0.4) is 0 Å². The minimum absolute atomic E-state index is 0.0336. The van der Waals surface area contributed by atoms with Gasteiger partial charge in [0, 0.05) is 43.1 Å². The summed E-state index contributed by atoms with van der Waals surface area (Å²) in [6.45, 7) is 0. The van der Waals surface area contributed by atoms with Gasteiger partial charge < -0.3 is 18.0 Å². The Kier molecular flexibility index (Phi) is 7.23. The minimum Gasteiger partial charge on any atom is -0.456 e. The third-order valence-electron chi connectivity index (χ3n) is 12.7. The van der Waals surface area contributed by atoms with Crippen molar-refractivity contribution >= 4 is 87.5 Å². The molecule has 9 aromatic carbocycles. The zero-order chi connectivity index (χ0) is 41.9. The molecule has 0 fully saturated rings. The summed E-state index contributed by atoms with van der Waals surface area (Å²) in [5.74, 6) is -0.697. The van der Waals surface area contributed by atoms with Crippen molar-refractivity contribution in [2.24, 2.45) is 0 Å². The maximum Gasteiger partial charge on any atom is 0.173 e. The summed E-state index contributed by atoms with van der Waals surface area (Å²) < 4.78 is 35.2. The van der Waals surface area contributed by atoms with E-state index in [4.69, 9.17) is 8.83 Å². The molecule has 0 amide bonds. The van der Waals surface area contributed by atoms with Crippen LogP contribution in [0.25, 0.3) is 121 Å². The van der Waals surface area contributed by atoms with E-state index in [0.29, 0.717) is 33.2 Å². The first kappa shape index (κ1) is 34.9. The number of nitriles is 2. The summed E-state index contributed by atoms with van der Waals surface area (Å²) in [5, 5.41) is 29.0. The lowest BCUT2D eigenvalue weighted by molar-refractivity contribution is 0.613. The van der Waals surface area contributed by atoms with Gasteiger partial charge in [0.25, 0.3) is 0 Å². The van der Waals surface area contributed by atoms with Crippen molar-refractivity contribution in [2.45, 2.75) is 0 Å². The molecule has 0 saturated carbocycles. The fourth-order valence-electron chi connectivity index (χ4n) is 9.99. The van der Waals surface area contributed by atoms with Crippen LogP contribution in [0.4, 0.5) is 4.39 Å². The van der Waals surface area contributed by atoms with Crippen LogP contribution in [0.1, 0.15) is 11.1 Å². The van der Waals surface area contributed by atoms with Gasteiger partial charge in [0.1, 0.15) is 45.8 Å². The van der Waals surface area contributed by atoms with E-state index in [1.165, 1.54) is 6.07 Å². The van der Waals surface area contributed by atoms with Crippen LogP contribution in [-0.4, -0.2) is 9.13 Å². The van der Waals surface area contributed by atoms with Crippen LogP contribution >= 0.6 is 0 Å². The van der Waals surface area contributed by atoms with Crippen LogP contribution in [0, 0.1) is 28.5 Å². The Morgan fingerprint density at radius 2 is 0.778 bits per heavy atom. The summed E-state index contributed by atoms with van der Waals surface area (Å²) in [6, 6.07) is 62.3. The van der Waals surface area contributed by atoms with Crippen molar-refractivity contribution in [3.8, 4) is 45.8 Å². The van der Waals surface area contributed by atoms with Crippen LogP contribution in [0.15, 0.2) is 185 Å². The number of halogens is 1. The predicted octanol–water partition coefficient (Wildman–Crippen LogP) is 14.9. The van der Waals surface area contributed by atoms with Crippen molar-refractivity contribution in [1.29, 1.82) is 10.5 Å². The molecule has 0 saturated heterocycles. The van der Waals surface area contributed by atoms with E-state index in [-0.39, 0.29) is 22.5 Å². The van der Waals surface area contributed by atoms with E-state index in [0.717, 1.165) is 76.5 Å². The van der Waals surface area contributed by atoms with E-state index in [1.807, 2.05) is 143 Å². The molecule has 13 aromatic rings. The molecule has 4 aromatic heterocycles. The summed E-state index contributed by atoms with van der Waals surface area (Å²) >= 11 is 0. The summed E-state index contributed by atoms with van der Waals surface area (Å²) in [7, 11) is 0. The Hall–Kier alpha value is -8.91. The van der Waals surface area contributed by atoms with Gasteiger partial charge in [-0.1, -0.05) is 109 Å². The average molecular weight is 809 g/mol. The molecular formula is C56H29FN4O2. The number of para-hydroxylation sites is 2. The molecular weight excluding hydrogens is 780 g/mol. The van der Waals surface area contributed by atoms with Crippen molar-refractivity contribution in [3.63, 3.8) is 0 Å². The fraction of sp³-hybridized carbons (Fsp3) is 0. The van der Waals surface area contributed by atoms with E-state index >= 15 is 4.39 Å². The van der Waals surface area contributed by atoms with E-state index in [2.05, 4.69) is 48.5 Å². The Balaban J connectivity index is 1.18. The van der Waals surface area contributed by atoms with Gasteiger partial charge in [-0.3, -0.25) is 0 Å². The molecule has 0 atom stereocenters. The first-order valence-corrected chi connectivity index (χ1v) is 20.6. The van der Waals surface area contributed by atoms with Gasteiger partial charge in [-0.05, 0) is 89.0 Å². The van der Waals surface area contributed by atoms with Gasteiger partial charge in [0.05, 0.1) is 33.2 Å². The second-order valence-electron chi connectivity index (χ2n) is 15.9. The summed E-state index contributed by atoms with van der Waals surface area (Å²) in [6.07, 6.45) is 0. The largest absolute Gasteiger partial charge is 0.456 e. The number of rotatable bonds is 4. The molecule has 0 aliphatic rings. The Morgan fingerprint density at radius 1 is 0.365 bits per heavy atom. The van der Waals surface area contributed by atoms with Crippen LogP contribution in [-0.2, 0) is 0 Å². The highest BCUT2D eigenvalue weighted by Crippen LogP contribution is 2.47. The molecule has 0 aliphatic heterocycles. The molecule has 7 heteroatoms. The Labute approximate surface area is 357 Å². The first-order chi connectivity index (χ1) is 31.1. The number of benzene rings is 9. The molecule has 0 radical (unpaired) electrons. The third-order valence-corrected chi connectivity index (χ3v) is 12.7. The monoisotopic (exact) mass is 808 g/mol. The number of aromatic nitrogens is 2. The minimum atomic E-state index is -0.697. The average Bonchev–Trinajstić information content (AvgIpc) is 4.09. The molecule has 0 unspecified atom stereocenters. The highest BCUT2D eigenvalue weighted by atomic mass is 19.1. The summed E-state index contributed by atoms with van der Waals surface area (Å²) in [5.41, 5.74) is 9.92. The molecule has 292 valence electrons. The lowest BCUT2D eigenvalue weighted by atomic mass is 10.0. The van der Waals surface area contributed by atoms with Gasteiger partial charge in [-0.25, -0.2) is 4.39 Å². The highest BCUT2D eigenvalue weighted by Gasteiger charge is 2.29. The third kappa shape index (κ3) is 4.85. The van der Waals surface area contributed by atoms with Gasteiger partial charge in [0.15, 0.2) is 5.82 Å². The molecule has 13 rings (SSSR count). The second kappa shape index (κ2) is 13.0. The molecule has 0 N–H and O–H groups in total. The van der Waals surface area contributed by atoms with Crippen molar-refractivity contribution in [2.75, 3.05) is 0 Å². The predicted molar refractivity (Wildman–Crippen MR) is 250 cm³/mol. The number of fused-ring (bicyclic) bond motifs is 14. The van der Waals surface area contributed by atoms with Gasteiger partial charge in [-0.15, -0.1) is 0 Å². The van der Waals surface area contributed by atoms with Crippen LogP contribution in [0.5, 0.6) is 0 Å². The number of hydrogen-bond donors (Lipinski definition) is 0. The standard InChI is InChI=1S/C56H29FN4O2/c57-54-55(60-42-21-19-34(32-11-3-1-4-12-32)28-40(42)50-44(60)23-25-48-52(50)38-15-7-9-17-46(38)62-48)36(30-58)27-37(31-59)56(54)61-43-22-20-35(33-13-5-2-6-14-33)29-41(43)51-45(61)24-26-49-53(51)39-16-8-10-18-47(39)63-49/h1-29H. The maximum atomic E-state index is 18.7. The lowest BCUT2D eigenvalue weighted by Gasteiger charge is -2.18. The normalized spacial score (nSPS) is 11.9. The van der Waals surface area contributed by atoms with Gasteiger partial charge >= 0.3 is 0 Å². The van der Waals surface area contributed by atoms with E-state index in [1.54, 1.807) is 0 Å². The van der Waals surface area contributed by atoms with Crippen LogP contribution in [0.2, 0.25) is 0 Å². The quantitative estimate of drug-likeness (QED) is 0.177. The molecule has 0 aliphatic carbocycles. The number of nitrogens with zero attached hydrogens (tertiary/aromatic N) is 4. The Morgan fingerprint density at radius 3 is 1.22 bits per heavy atom. The molecule has 0 bridgehead atoms. The SMILES string of the molecule is N#Cc1cc(C#N)c(-n2c3ccc(-c4ccccc4)cc3c3c4c(ccc32)oc2ccccc24)c(F)c1-n1c2ccc(-c3ccccc3)cc2c2c3c(ccc21)oc1ccccc13. The summed E-state index contributed by atoms with van der Waals surface area (Å²) in [4.78, 5) is 0.